The highest BCUT2D eigenvalue weighted by atomic mass is 32.2. The second-order valence-electron chi connectivity index (χ2n) is 4.86. The van der Waals surface area contributed by atoms with E-state index < -0.39 is 16.0 Å². The van der Waals surface area contributed by atoms with Gasteiger partial charge in [0.05, 0.1) is 26.3 Å². The van der Waals surface area contributed by atoms with Gasteiger partial charge in [0.25, 0.3) is 10.0 Å². The molecule has 0 bridgehead atoms. The fourth-order valence-electron chi connectivity index (χ4n) is 2.14. The summed E-state index contributed by atoms with van der Waals surface area (Å²) in [5.74, 6) is -0.575. The number of hydrogen-bond acceptors (Lipinski definition) is 5. The van der Waals surface area contributed by atoms with Crippen molar-refractivity contribution in [2.45, 2.75) is 11.3 Å². The van der Waals surface area contributed by atoms with E-state index in [2.05, 4.69) is 4.72 Å². The lowest BCUT2D eigenvalue weighted by atomic mass is 10.1. The first-order valence-electron chi connectivity index (χ1n) is 6.92. The Morgan fingerprint density at radius 2 is 1.75 bits per heavy atom. The van der Waals surface area contributed by atoms with Crippen LogP contribution in [0.2, 0.25) is 0 Å². The van der Waals surface area contributed by atoms with Crippen molar-refractivity contribution in [1.82, 2.24) is 0 Å². The first-order valence-corrected chi connectivity index (χ1v) is 8.40. The van der Waals surface area contributed by atoms with E-state index in [-0.39, 0.29) is 22.8 Å². The van der Waals surface area contributed by atoms with Gasteiger partial charge in [-0.15, -0.1) is 0 Å². The van der Waals surface area contributed by atoms with E-state index in [0.717, 1.165) is 0 Å². The summed E-state index contributed by atoms with van der Waals surface area (Å²) in [5.41, 5.74) is 0.620. The maximum atomic E-state index is 12.7. The number of nitrogens with one attached hydrogen (secondary N) is 1. The molecular formula is C16H17NO6S. The molecular weight excluding hydrogens is 334 g/mol. The summed E-state index contributed by atoms with van der Waals surface area (Å²) in [6.45, 7) is 0. The molecule has 0 aliphatic heterocycles. The molecule has 0 radical (unpaired) electrons. The van der Waals surface area contributed by atoms with Gasteiger partial charge in [0.2, 0.25) is 0 Å². The fraction of sp³-hybridized carbons (Fsp3) is 0.188. The van der Waals surface area contributed by atoms with Gasteiger partial charge in [0.15, 0.2) is 0 Å². The van der Waals surface area contributed by atoms with Crippen LogP contribution in [0.1, 0.15) is 5.56 Å². The smallest absolute Gasteiger partial charge is 0.307 e. The number of ether oxygens (including phenoxy) is 2. The highest BCUT2D eigenvalue weighted by Gasteiger charge is 2.22. The van der Waals surface area contributed by atoms with Crippen molar-refractivity contribution in [2.75, 3.05) is 18.9 Å². The van der Waals surface area contributed by atoms with Crippen molar-refractivity contribution in [1.29, 1.82) is 0 Å². The third-order valence-corrected chi connectivity index (χ3v) is 4.61. The minimum atomic E-state index is -3.99. The molecule has 7 nitrogen and oxygen atoms in total. The van der Waals surface area contributed by atoms with Crippen molar-refractivity contribution < 1.29 is 27.8 Å². The predicted molar refractivity (Wildman–Crippen MR) is 88.1 cm³/mol. The van der Waals surface area contributed by atoms with E-state index in [1.807, 2.05) is 0 Å². The monoisotopic (exact) mass is 351 g/mol. The van der Waals surface area contributed by atoms with Crippen LogP contribution in [0.4, 0.5) is 5.69 Å². The lowest BCUT2D eigenvalue weighted by Gasteiger charge is -2.14. The van der Waals surface area contributed by atoms with Gasteiger partial charge in [0, 0.05) is 0 Å². The molecule has 0 unspecified atom stereocenters. The highest BCUT2D eigenvalue weighted by Crippen LogP contribution is 2.30. The molecule has 2 N–H and O–H groups in total. The van der Waals surface area contributed by atoms with Gasteiger partial charge in [-0.3, -0.25) is 9.52 Å². The molecule has 0 aromatic heterocycles. The van der Waals surface area contributed by atoms with Crippen molar-refractivity contribution in [3.05, 3.63) is 48.0 Å². The van der Waals surface area contributed by atoms with Crippen molar-refractivity contribution >= 4 is 21.7 Å². The Kier molecular flexibility index (Phi) is 5.30. The van der Waals surface area contributed by atoms with Gasteiger partial charge in [0.1, 0.15) is 16.4 Å². The summed E-state index contributed by atoms with van der Waals surface area (Å²) in [4.78, 5) is 10.7. The molecule has 2 aromatic rings. The lowest BCUT2D eigenvalue weighted by Crippen LogP contribution is -2.15. The number of carboxylic acid groups (broad SMARTS) is 1. The predicted octanol–water partition coefficient (Wildman–Crippen LogP) is 2.13. The normalized spacial score (nSPS) is 10.9. The maximum Gasteiger partial charge on any atom is 0.307 e. The highest BCUT2D eigenvalue weighted by molar-refractivity contribution is 7.92. The molecule has 0 heterocycles. The molecule has 0 amide bonds. The molecule has 0 fully saturated rings. The molecule has 24 heavy (non-hydrogen) atoms. The molecule has 0 aliphatic rings. The van der Waals surface area contributed by atoms with Crippen LogP contribution in [0.3, 0.4) is 0 Å². The average molecular weight is 351 g/mol. The zero-order valence-corrected chi connectivity index (χ0v) is 14.0. The third kappa shape index (κ3) is 3.96. The lowest BCUT2D eigenvalue weighted by molar-refractivity contribution is -0.136. The average Bonchev–Trinajstić information content (AvgIpc) is 2.54. The van der Waals surface area contributed by atoms with E-state index >= 15 is 0 Å². The number of rotatable bonds is 7. The maximum absolute atomic E-state index is 12.7. The van der Waals surface area contributed by atoms with Crippen LogP contribution in [0, 0.1) is 0 Å². The number of benzene rings is 2. The molecule has 0 atom stereocenters. The third-order valence-electron chi connectivity index (χ3n) is 3.22. The SMILES string of the molecule is COc1ccccc1NS(=O)(=O)c1cc(CC(=O)O)ccc1OC. The van der Waals surface area contributed by atoms with Crippen LogP contribution >= 0.6 is 0 Å². The van der Waals surface area contributed by atoms with Gasteiger partial charge >= 0.3 is 5.97 Å². The second-order valence-corrected chi connectivity index (χ2v) is 6.51. The van der Waals surface area contributed by atoms with E-state index in [4.69, 9.17) is 14.6 Å². The topological polar surface area (TPSA) is 102 Å². The molecule has 0 saturated carbocycles. The zero-order valence-electron chi connectivity index (χ0n) is 13.1. The summed E-state index contributed by atoms with van der Waals surface area (Å²) in [5, 5.41) is 8.88. The standard InChI is InChI=1S/C16H17NO6S/c1-22-13-6-4-3-5-12(13)17-24(20,21)15-9-11(10-16(18)19)7-8-14(15)23-2/h3-9,17H,10H2,1-2H3,(H,18,19). The summed E-state index contributed by atoms with van der Waals surface area (Å²) >= 11 is 0. The largest absolute Gasteiger partial charge is 0.495 e. The van der Waals surface area contributed by atoms with Crippen molar-refractivity contribution in [3.63, 3.8) is 0 Å². The molecule has 128 valence electrons. The molecule has 2 rings (SSSR count). The summed E-state index contributed by atoms with van der Waals surface area (Å²) < 4.78 is 38.0. The van der Waals surface area contributed by atoms with Gasteiger partial charge in [-0.1, -0.05) is 18.2 Å². The number of hydrogen-bond donors (Lipinski definition) is 2. The number of anilines is 1. The Bertz CT molecular complexity index is 847. The van der Waals surface area contributed by atoms with E-state index in [9.17, 15) is 13.2 Å². The Hall–Kier alpha value is -2.74. The van der Waals surface area contributed by atoms with Crippen LogP contribution in [0.15, 0.2) is 47.4 Å². The van der Waals surface area contributed by atoms with Crippen molar-refractivity contribution in [2.24, 2.45) is 0 Å². The quantitative estimate of drug-likeness (QED) is 0.792. The van der Waals surface area contributed by atoms with Gasteiger partial charge in [-0.2, -0.15) is 0 Å². The molecule has 0 aliphatic carbocycles. The first-order chi connectivity index (χ1) is 11.4. The zero-order chi connectivity index (χ0) is 17.7. The van der Waals surface area contributed by atoms with Crippen LogP contribution in [-0.2, 0) is 21.2 Å². The Morgan fingerprint density at radius 1 is 1.08 bits per heavy atom. The second kappa shape index (κ2) is 7.22. The molecule has 2 aromatic carbocycles. The number of sulfonamides is 1. The van der Waals surface area contributed by atoms with Crippen LogP contribution in [0.25, 0.3) is 0 Å². The fourth-order valence-corrected chi connectivity index (χ4v) is 3.44. The summed E-state index contributed by atoms with van der Waals surface area (Å²) in [6.07, 6.45) is -0.291. The van der Waals surface area contributed by atoms with Gasteiger partial charge in [-0.25, -0.2) is 8.42 Å². The van der Waals surface area contributed by atoms with E-state index in [1.54, 1.807) is 24.3 Å². The molecule has 0 spiro atoms. The Labute approximate surface area is 139 Å². The first kappa shape index (κ1) is 17.6. The molecule has 8 heteroatoms. The Morgan fingerprint density at radius 3 is 2.38 bits per heavy atom. The van der Waals surface area contributed by atoms with E-state index in [0.29, 0.717) is 11.3 Å². The minimum absolute atomic E-state index is 0.117. The van der Waals surface area contributed by atoms with E-state index in [1.165, 1.54) is 32.4 Å². The van der Waals surface area contributed by atoms with Crippen LogP contribution < -0.4 is 14.2 Å². The Balaban J connectivity index is 2.45. The minimum Gasteiger partial charge on any atom is -0.495 e. The van der Waals surface area contributed by atoms with Gasteiger partial charge in [-0.05, 0) is 29.8 Å². The van der Waals surface area contributed by atoms with Crippen LogP contribution in [-0.4, -0.2) is 33.7 Å². The number of aliphatic carboxylic acids is 1. The van der Waals surface area contributed by atoms with Crippen LogP contribution in [0.5, 0.6) is 11.5 Å². The number of para-hydroxylation sites is 2. The van der Waals surface area contributed by atoms with Gasteiger partial charge < -0.3 is 14.6 Å². The number of methoxy groups -OCH3 is 2. The number of carbonyl (C=O) groups is 1. The number of carboxylic acids is 1. The summed E-state index contributed by atoms with van der Waals surface area (Å²) in [6, 6.07) is 10.8. The summed E-state index contributed by atoms with van der Waals surface area (Å²) in [7, 11) is -1.22. The van der Waals surface area contributed by atoms with Crippen molar-refractivity contribution in [3.8, 4) is 11.5 Å². The molecule has 0 saturated heterocycles.